The molecule has 0 spiro atoms. The minimum Gasteiger partial charge on any atom is -0.381 e. The van der Waals surface area contributed by atoms with Crippen LogP contribution < -0.4 is 0 Å². The number of piperidine rings is 1. The molecule has 2 heterocycles. The van der Waals surface area contributed by atoms with Gasteiger partial charge in [0.2, 0.25) is 0 Å². The van der Waals surface area contributed by atoms with Crippen molar-refractivity contribution in [2.24, 2.45) is 5.92 Å². The van der Waals surface area contributed by atoms with Crippen molar-refractivity contribution in [3.05, 3.63) is 0 Å². The van der Waals surface area contributed by atoms with Gasteiger partial charge in [-0.2, -0.15) is 17.0 Å². The van der Waals surface area contributed by atoms with E-state index in [1.54, 1.807) is 11.4 Å². The van der Waals surface area contributed by atoms with E-state index in [-0.39, 0.29) is 12.0 Å². The average molecular weight is 311 g/mol. The van der Waals surface area contributed by atoms with Gasteiger partial charge in [-0.3, -0.25) is 0 Å². The van der Waals surface area contributed by atoms with Crippen molar-refractivity contribution >= 4 is 21.8 Å². The number of hydrogen-bond acceptors (Lipinski definition) is 3. The molecule has 2 fully saturated rings. The summed E-state index contributed by atoms with van der Waals surface area (Å²) in [6, 6.07) is 0.0649. The van der Waals surface area contributed by atoms with E-state index in [0.29, 0.717) is 32.2 Å². The largest absolute Gasteiger partial charge is 0.381 e. The molecule has 0 radical (unpaired) electrons. The van der Waals surface area contributed by atoms with Crippen LogP contribution in [0.25, 0.3) is 0 Å². The lowest BCUT2D eigenvalue weighted by atomic mass is 10.0. The molecule has 7 heteroatoms. The molecule has 0 aromatic heterocycles. The van der Waals surface area contributed by atoms with E-state index in [1.165, 1.54) is 4.31 Å². The minimum absolute atomic E-state index is 0.0649. The number of rotatable bonds is 4. The molecule has 0 aliphatic carbocycles. The predicted molar refractivity (Wildman–Crippen MR) is 75.5 cm³/mol. The molecule has 2 aliphatic rings. The van der Waals surface area contributed by atoms with E-state index in [0.717, 1.165) is 25.7 Å². The highest BCUT2D eigenvalue weighted by molar-refractivity contribution is 7.86. The lowest BCUT2D eigenvalue weighted by Gasteiger charge is -2.37. The van der Waals surface area contributed by atoms with Gasteiger partial charge < -0.3 is 4.74 Å². The van der Waals surface area contributed by atoms with Crippen molar-refractivity contribution in [1.82, 2.24) is 8.61 Å². The smallest absolute Gasteiger partial charge is 0.281 e. The second-order valence-electron chi connectivity index (χ2n) is 5.39. The molecule has 0 aromatic rings. The standard InChI is InChI=1S/C12H23ClN2O3S/c1-14(12-4-7-18-8-5-12)19(16,17)15-6-2-3-11(9-13)10-15/h11-12H,2-10H2,1H3. The Morgan fingerprint density at radius 3 is 2.63 bits per heavy atom. The van der Waals surface area contributed by atoms with Crippen LogP contribution in [0, 0.1) is 5.92 Å². The normalized spacial score (nSPS) is 27.8. The molecule has 1 unspecified atom stereocenters. The third-order valence-electron chi connectivity index (χ3n) is 4.10. The number of ether oxygens (including phenoxy) is 1. The highest BCUT2D eigenvalue weighted by Gasteiger charge is 2.35. The molecule has 0 bridgehead atoms. The Morgan fingerprint density at radius 2 is 2.00 bits per heavy atom. The van der Waals surface area contributed by atoms with Gasteiger partial charge in [-0.05, 0) is 31.6 Å². The molecule has 2 aliphatic heterocycles. The van der Waals surface area contributed by atoms with Crippen LogP contribution in [0.1, 0.15) is 25.7 Å². The number of halogens is 1. The van der Waals surface area contributed by atoms with Crippen molar-refractivity contribution in [2.45, 2.75) is 31.7 Å². The zero-order chi connectivity index (χ0) is 13.9. The van der Waals surface area contributed by atoms with E-state index in [1.807, 2.05) is 0 Å². The molecule has 19 heavy (non-hydrogen) atoms. The van der Waals surface area contributed by atoms with Crippen LogP contribution in [-0.2, 0) is 14.9 Å². The first-order chi connectivity index (χ1) is 9.05. The summed E-state index contributed by atoms with van der Waals surface area (Å²) in [5.74, 6) is 0.820. The quantitative estimate of drug-likeness (QED) is 0.735. The number of nitrogens with zero attached hydrogens (tertiary/aromatic N) is 2. The summed E-state index contributed by atoms with van der Waals surface area (Å²) in [7, 11) is -1.66. The van der Waals surface area contributed by atoms with Crippen LogP contribution in [-0.4, -0.2) is 62.3 Å². The zero-order valence-electron chi connectivity index (χ0n) is 11.4. The van der Waals surface area contributed by atoms with Crippen LogP contribution in [0.3, 0.4) is 0 Å². The predicted octanol–water partition coefficient (Wildman–Crippen LogP) is 1.29. The Hall–Kier alpha value is 0.120. The van der Waals surface area contributed by atoms with Crippen molar-refractivity contribution in [3.8, 4) is 0 Å². The van der Waals surface area contributed by atoms with E-state index in [9.17, 15) is 8.42 Å². The van der Waals surface area contributed by atoms with Crippen LogP contribution in [0.2, 0.25) is 0 Å². The molecule has 0 amide bonds. The summed E-state index contributed by atoms with van der Waals surface area (Å²) in [5, 5.41) is 0. The number of hydrogen-bond donors (Lipinski definition) is 0. The first-order valence-electron chi connectivity index (χ1n) is 6.92. The molecule has 5 nitrogen and oxygen atoms in total. The van der Waals surface area contributed by atoms with Crippen LogP contribution >= 0.6 is 11.6 Å². The highest BCUT2D eigenvalue weighted by Crippen LogP contribution is 2.24. The zero-order valence-corrected chi connectivity index (χ0v) is 13.0. The fourth-order valence-corrected chi connectivity index (χ4v) is 4.74. The molecule has 0 saturated carbocycles. The summed E-state index contributed by atoms with van der Waals surface area (Å²) < 4.78 is 33.6. The summed E-state index contributed by atoms with van der Waals surface area (Å²) in [4.78, 5) is 0. The fraction of sp³-hybridized carbons (Fsp3) is 1.00. The SMILES string of the molecule is CN(C1CCOCC1)S(=O)(=O)N1CCCC(CCl)C1. The molecular formula is C12H23ClN2O3S. The topological polar surface area (TPSA) is 49.9 Å². The van der Waals surface area contributed by atoms with Gasteiger partial charge >= 0.3 is 0 Å². The van der Waals surface area contributed by atoms with Gasteiger partial charge in [-0.25, -0.2) is 0 Å². The molecule has 2 saturated heterocycles. The van der Waals surface area contributed by atoms with Gasteiger partial charge in [-0.15, -0.1) is 11.6 Å². The summed E-state index contributed by atoms with van der Waals surface area (Å²) in [5.41, 5.74) is 0. The molecular weight excluding hydrogens is 288 g/mol. The van der Waals surface area contributed by atoms with Gasteiger partial charge in [0.15, 0.2) is 0 Å². The van der Waals surface area contributed by atoms with E-state index >= 15 is 0 Å². The van der Waals surface area contributed by atoms with E-state index < -0.39 is 10.2 Å². The van der Waals surface area contributed by atoms with Gasteiger partial charge in [0.05, 0.1) is 0 Å². The van der Waals surface area contributed by atoms with Gasteiger partial charge in [0.1, 0.15) is 0 Å². The van der Waals surface area contributed by atoms with Crippen molar-refractivity contribution in [1.29, 1.82) is 0 Å². The monoisotopic (exact) mass is 310 g/mol. The third-order valence-corrected chi connectivity index (χ3v) is 6.54. The molecule has 2 rings (SSSR count). The Balaban J connectivity index is 2.03. The van der Waals surface area contributed by atoms with Crippen molar-refractivity contribution in [2.75, 3.05) is 39.2 Å². The summed E-state index contributed by atoms with van der Waals surface area (Å²) >= 11 is 5.87. The summed E-state index contributed by atoms with van der Waals surface area (Å²) in [6.45, 7) is 2.46. The third kappa shape index (κ3) is 3.61. The maximum absolute atomic E-state index is 12.6. The van der Waals surface area contributed by atoms with Crippen molar-refractivity contribution in [3.63, 3.8) is 0 Å². The van der Waals surface area contributed by atoms with Crippen LogP contribution in [0.15, 0.2) is 0 Å². The first kappa shape index (κ1) is 15.5. The number of alkyl halides is 1. The van der Waals surface area contributed by atoms with Gasteiger partial charge in [0, 0.05) is 45.3 Å². The Labute approximate surface area is 121 Å². The van der Waals surface area contributed by atoms with Crippen LogP contribution in [0.5, 0.6) is 0 Å². The Bertz CT molecular complexity index is 376. The second-order valence-corrected chi connectivity index (χ2v) is 7.68. The average Bonchev–Trinajstić information content (AvgIpc) is 2.47. The van der Waals surface area contributed by atoms with E-state index in [2.05, 4.69) is 0 Å². The lowest BCUT2D eigenvalue weighted by Crippen LogP contribution is -2.51. The Kier molecular flexibility index (Phi) is 5.48. The fourth-order valence-electron chi connectivity index (χ4n) is 2.78. The minimum atomic E-state index is -3.35. The molecule has 112 valence electrons. The van der Waals surface area contributed by atoms with Gasteiger partial charge in [-0.1, -0.05) is 0 Å². The Morgan fingerprint density at radius 1 is 1.32 bits per heavy atom. The second kappa shape index (κ2) is 6.72. The maximum atomic E-state index is 12.6. The maximum Gasteiger partial charge on any atom is 0.281 e. The summed E-state index contributed by atoms with van der Waals surface area (Å²) in [6.07, 6.45) is 3.49. The van der Waals surface area contributed by atoms with Crippen molar-refractivity contribution < 1.29 is 13.2 Å². The highest BCUT2D eigenvalue weighted by atomic mass is 35.5. The van der Waals surface area contributed by atoms with Crippen LogP contribution in [0.4, 0.5) is 0 Å². The molecule has 0 aromatic carbocycles. The first-order valence-corrected chi connectivity index (χ1v) is 8.85. The molecule has 1 atom stereocenters. The van der Waals surface area contributed by atoms with E-state index in [4.69, 9.17) is 16.3 Å². The van der Waals surface area contributed by atoms with Gasteiger partial charge in [0.25, 0.3) is 10.2 Å². The molecule has 0 N–H and O–H groups in total. The lowest BCUT2D eigenvalue weighted by molar-refractivity contribution is 0.0613.